The summed E-state index contributed by atoms with van der Waals surface area (Å²) in [5, 5.41) is 2.43. The van der Waals surface area contributed by atoms with Gasteiger partial charge in [-0.1, -0.05) is 0 Å². The minimum absolute atomic E-state index is 0. The number of nitrogens with zero attached hydrogens (tertiary/aromatic N) is 2. The van der Waals surface area contributed by atoms with Crippen LogP contribution in [-0.4, -0.2) is 52.9 Å². The van der Waals surface area contributed by atoms with Crippen molar-refractivity contribution in [2.45, 2.75) is 25.1 Å². The number of hydrogen-bond donors (Lipinski definition) is 1. The Labute approximate surface area is 136 Å². The molecule has 1 aromatic carbocycles. The second kappa shape index (κ2) is 5.15. The van der Waals surface area contributed by atoms with Crippen molar-refractivity contribution in [3.63, 3.8) is 0 Å². The maximum absolute atomic E-state index is 13.9. The molecule has 0 spiro atoms. The highest BCUT2D eigenvalue weighted by Gasteiger charge is 2.48. The van der Waals surface area contributed by atoms with Crippen LogP contribution in [0.4, 0.5) is 19.3 Å². The Hall–Kier alpha value is -2.71. The number of anilines is 1. The third-order valence-electron chi connectivity index (χ3n) is 4.54. The molecule has 1 N–H and O–H groups in total. The number of esters is 1. The van der Waals surface area contributed by atoms with Crippen molar-refractivity contribution in [3.8, 4) is 0 Å². The van der Waals surface area contributed by atoms with Crippen LogP contribution in [-0.2, 0) is 20.9 Å². The van der Waals surface area contributed by atoms with Crippen LogP contribution in [0.1, 0.15) is 13.4 Å². The van der Waals surface area contributed by atoms with Gasteiger partial charge in [0.25, 0.3) is 0 Å². The molecule has 0 aromatic heterocycles. The first-order chi connectivity index (χ1) is 11.4. The molecule has 2 saturated heterocycles. The first-order valence-electron chi connectivity index (χ1n) is 7.47. The minimum Gasteiger partial charge on any atom is -0.459 e. The van der Waals surface area contributed by atoms with Gasteiger partial charge < -0.3 is 19.9 Å². The molecule has 0 radical (unpaired) electrons. The van der Waals surface area contributed by atoms with Crippen molar-refractivity contribution < 1.29 is 29.3 Å². The molecule has 2 atom stereocenters. The number of ether oxygens (including phenoxy) is 1. The van der Waals surface area contributed by atoms with E-state index in [1.54, 1.807) is 0 Å². The van der Waals surface area contributed by atoms with E-state index in [9.17, 15) is 23.2 Å². The summed E-state index contributed by atoms with van der Waals surface area (Å²) in [7, 11) is 0. The van der Waals surface area contributed by atoms with E-state index in [0.717, 1.165) is 11.0 Å². The molecule has 4 rings (SSSR count). The van der Waals surface area contributed by atoms with Crippen molar-refractivity contribution in [3.05, 3.63) is 29.3 Å². The lowest BCUT2D eigenvalue weighted by Crippen LogP contribution is -2.50. The van der Waals surface area contributed by atoms with E-state index in [0.29, 0.717) is 13.0 Å². The average Bonchev–Trinajstić information content (AvgIpc) is 3.12. The molecule has 3 aliphatic heterocycles. The van der Waals surface area contributed by atoms with Gasteiger partial charge >= 0.3 is 12.0 Å². The second-order valence-electron chi connectivity index (χ2n) is 6.03. The Kier molecular flexibility index (Phi) is 3.19. The first kappa shape index (κ1) is 14.9. The largest absolute Gasteiger partial charge is 0.459 e. The molecule has 128 valence electrons. The van der Waals surface area contributed by atoms with Crippen molar-refractivity contribution in [2.75, 3.05) is 18.4 Å². The fourth-order valence-corrected chi connectivity index (χ4v) is 3.33. The maximum atomic E-state index is 13.9. The molecular weight excluding hydrogens is 324 g/mol. The highest BCUT2D eigenvalue weighted by atomic mass is 19.2. The van der Waals surface area contributed by atoms with Crippen LogP contribution in [0.3, 0.4) is 0 Å². The van der Waals surface area contributed by atoms with Gasteiger partial charge in [-0.2, -0.15) is 0 Å². The number of rotatable bonds is 2. The van der Waals surface area contributed by atoms with Crippen LogP contribution in [0, 0.1) is 11.6 Å². The van der Waals surface area contributed by atoms with Crippen molar-refractivity contribution in [2.24, 2.45) is 0 Å². The SMILES string of the molecule is O=C1OC2CC1N(C(=O)CN1Cc3c(ccc(F)c3F)NC1=O)C2.[HH]. The van der Waals surface area contributed by atoms with Gasteiger partial charge in [0.15, 0.2) is 11.6 Å². The molecule has 3 amide bonds. The zero-order valence-electron chi connectivity index (χ0n) is 12.4. The van der Waals surface area contributed by atoms with Gasteiger partial charge in [-0.25, -0.2) is 18.4 Å². The van der Waals surface area contributed by atoms with E-state index in [-0.39, 0.29) is 31.9 Å². The number of fused-ring (bicyclic) bond motifs is 3. The zero-order valence-corrected chi connectivity index (χ0v) is 12.4. The lowest BCUT2D eigenvalue weighted by atomic mass is 10.1. The fraction of sp³-hybridized carbons (Fsp3) is 0.400. The molecule has 24 heavy (non-hydrogen) atoms. The molecule has 2 unspecified atom stereocenters. The molecule has 3 heterocycles. The first-order valence-corrected chi connectivity index (χ1v) is 7.47. The number of likely N-dealkylation sites (tertiary alicyclic amines) is 1. The monoisotopic (exact) mass is 339 g/mol. The Morgan fingerprint density at radius 1 is 1.38 bits per heavy atom. The van der Waals surface area contributed by atoms with Crippen LogP contribution >= 0.6 is 0 Å². The number of halogens is 2. The Balaban J connectivity index is 0.00000182. The Bertz CT molecular complexity index is 775. The summed E-state index contributed by atoms with van der Waals surface area (Å²) in [6.45, 7) is -0.245. The van der Waals surface area contributed by atoms with E-state index in [2.05, 4.69) is 5.32 Å². The number of carbonyl (C=O) groups excluding carboxylic acids is 3. The van der Waals surface area contributed by atoms with Gasteiger partial charge in [-0.05, 0) is 12.1 Å². The predicted octanol–water partition coefficient (Wildman–Crippen LogP) is 1.08. The quantitative estimate of drug-likeness (QED) is 0.818. The number of amides is 3. The van der Waals surface area contributed by atoms with Crippen LogP contribution < -0.4 is 5.32 Å². The zero-order chi connectivity index (χ0) is 17.0. The Morgan fingerprint density at radius 2 is 2.17 bits per heavy atom. The van der Waals surface area contributed by atoms with Gasteiger partial charge in [0.05, 0.1) is 18.8 Å². The summed E-state index contributed by atoms with van der Waals surface area (Å²) < 4.78 is 32.2. The molecular formula is C15H15F2N3O4. The van der Waals surface area contributed by atoms with Crippen LogP contribution in [0.5, 0.6) is 0 Å². The predicted molar refractivity (Wildman–Crippen MR) is 77.9 cm³/mol. The number of benzene rings is 1. The molecule has 0 aliphatic carbocycles. The van der Waals surface area contributed by atoms with E-state index in [1.165, 1.54) is 11.0 Å². The average molecular weight is 339 g/mol. The molecule has 9 heteroatoms. The molecule has 2 fully saturated rings. The summed E-state index contributed by atoms with van der Waals surface area (Å²) >= 11 is 0. The topological polar surface area (TPSA) is 79.0 Å². The third-order valence-corrected chi connectivity index (χ3v) is 4.54. The van der Waals surface area contributed by atoms with Crippen molar-refractivity contribution in [1.29, 1.82) is 0 Å². The summed E-state index contributed by atoms with van der Waals surface area (Å²) in [6.07, 6.45) is 0.160. The number of urea groups is 1. The summed E-state index contributed by atoms with van der Waals surface area (Å²) in [5.41, 5.74) is 0.177. The van der Waals surface area contributed by atoms with Crippen LogP contribution in [0.2, 0.25) is 0 Å². The normalized spacial score (nSPS) is 24.8. The maximum Gasteiger partial charge on any atom is 0.329 e. The molecule has 2 bridgehead atoms. The van der Waals surface area contributed by atoms with Gasteiger partial charge in [0.2, 0.25) is 5.91 Å². The highest BCUT2D eigenvalue weighted by Crippen LogP contribution is 2.30. The van der Waals surface area contributed by atoms with Crippen LogP contribution in [0.15, 0.2) is 12.1 Å². The van der Waals surface area contributed by atoms with Crippen molar-refractivity contribution >= 4 is 23.6 Å². The smallest absolute Gasteiger partial charge is 0.329 e. The van der Waals surface area contributed by atoms with Crippen LogP contribution in [0.25, 0.3) is 0 Å². The summed E-state index contributed by atoms with van der Waals surface area (Å²) in [5.74, 6) is -2.93. The number of nitrogens with one attached hydrogen (secondary N) is 1. The van der Waals surface area contributed by atoms with E-state index in [1.807, 2.05) is 0 Å². The minimum atomic E-state index is -1.05. The van der Waals surface area contributed by atoms with Gasteiger partial charge in [0.1, 0.15) is 18.7 Å². The number of hydrogen-bond acceptors (Lipinski definition) is 4. The van der Waals surface area contributed by atoms with E-state index in [4.69, 9.17) is 4.74 Å². The van der Waals surface area contributed by atoms with Gasteiger partial charge in [-0.15, -0.1) is 0 Å². The number of morpholine rings is 1. The fourth-order valence-electron chi connectivity index (χ4n) is 3.33. The third kappa shape index (κ3) is 2.19. The van der Waals surface area contributed by atoms with Crippen molar-refractivity contribution in [1.82, 2.24) is 9.80 Å². The molecule has 1 aromatic rings. The molecule has 7 nitrogen and oxygen atoms in total. The number of carbonyl (C=O) groups is 3. The van der Waals surface area contributed by atoms with Gasteiger partial charge in [-0.3, -0.25) is 4.79 Å². The molecule has 0 saturated carbocycles. The highest BCUT2D eigenvalue weighted by molar-refractivity contribution is 5.96. The standard InChI is InChI=1S/C15H13F2N3O4.H2/c16-9-1-2-10-8(13(9)17)5-19(15(23)18-10)6-12(21)20-4-7-3-11(20)14(22)24-7;/h1-2,7,11H,3-6H2,(H,18,23);1H. The summed E-state index contributed by atoms with van der Waals surface area (Å²) in [6, 6.07) is 1.02. The van der Waals surface area contributed by atoms with E-state index >= 15 is 0 Å². The lowest BCUT2D eigenvalue weighted by Gasteiger charge is -2.32. The van der Waals surface area contributed by atoms with Gasteiger partial charge in [0, 0.05) is 13.4 Å². The second-order valence-corrected chi connectivity index (χ2v) is 6.03. The Morgan fingerprint density at radius 3 is 2.88 bits per heavy atom. The summed E-state index contributed by atoms with van der Waals surface area (Å²) in [4.78, 5) is 38.5. The lowest BCUT2D eigenvalue weighted by molar-refractivity contribution is -0.157. The van der Waals surface area contributed by atoms with E-state index < -0.39 is 35.6 Å². The molecule has 3 aliphatic rings.